The van der Waals surface area contributed by atoms with Crippen LogP contribution in [-0.4, -0.2) is 17.2 Å². The number of pyridine rings is 1. The van der Waals surface area contributed by atoms with Crippen LogP contribution in [0.1, 0.15) is 12.8 Å². The van der Waals surface area contributed by atoms with Gasteiger partial charge in [0.15, 0.2) is 0 Å². The number of hydrogen-bond acceptors (Lipinski definition) is 3. The van der Waals surface area contributed by atoms with Crippen molar-refractivity contribution in [2.45, 2.75) is 18.9 Å². The van der Waals surface area contributed by atoms with E-state index in [9.17, 15) is 4.79 Å². The lowest BCUT2D eigenvalue weighted by Gasteiger charge is -2.34. The van der Waals surface area contributed by atoms with Gasteiger partial charge < -0.3 is 15.0 Å². The molecule has 0 bridgehead atoms. The molecule has 1 fully saturated rings. The first kappa shape index (κ1) is 14.5. The molecular weight excluding hydrogens is 307 g/mol. The summed E-state index contributed by atoms with van der Waals surface area (Å²) in [6.07, 6.45) is 3.89. The van der Waals surface area contributed by atoms with Gasteiger partial charge in [-0.05, 0) is 41.2 Å². The van der Waals surface area contributed by atoms with Crippen molar-refractivity contribution < 1.29 is 4.74 Å². The van der Waals surface area contributed by atoms with Crippen LogP contribution in [0, 0.1) is 5.92 Å². The van der Waals surface area contributed by atoms with Crippen LogP contribution in [0.15, 0.2) is 21.5 Å². The standard InChI is InChI=1S/C11H15BrN2O2.ClH/c1-14-6-9(12)10(4-11(14)15)16-8-2-7(3-8)5-13;/h4,6-8H,2-3,5,13H2,1H3;1H/t7-,8-;. The molecule has 4 nitrogen and oxygen atoms in total. The van der Waals surface area contributed by atoms with Crippen molar-refractivity contribution in [2.75, 3.05) is 6.54 Å². The summed E-state index contributed by atoms with van der Waals surface area (Å²) in [4.78, 5) is 11.4. The van der Waals surface area contributed by atoms with E-state index in [2.05, 4.69) is 15.9 Å². The third-order valence-corrected chi connectivity index (χ3v) is 3.56. The molecule has 0 spiro atoms. The van der Waals surface area contributed by atoms with Crippen molar-refractivity contribution in [3.63, 3.8) is 0 Å². The Kier molecular flexibility index (Phi) is 5.04. The highest BCUT2D eigenvalue weighted by Gasteiger charge is 2.30. The maximum atomic E-state index is 11.4. The summed E-state index contributed by atoms with van der Waals surface area (Å²) in [6, 6.07) is 1.51. The molecule has 96 valence electrons. The zero-order valence-electron chi connectivity index (χ0n) is 9.56. The minimum atomic E-state index is -0.0621. The normalized spacial score (nSPS) is 22.5. The number of aromatic nitrogens is 1. The summed E-state index contributed by atoms with van der Waals surface area (Å²) in [5.74, 6) is 1.21. The second-order valence-corrected chi connectivity index (χ2v) is 5.10. The average molecular weight is 324 g/mol. The Morgan fingerprint density at radius 3 is 2.82 bits per heavy atom. The van der Waals surface area contributed by atoms with E-state index >= 15 is 0 Å². The van der Waals surface area contributed by atoms with Crippen molar-refractivity contribution in [3.05, 3.63) is 27.1 Å². The summed E-state index contributed by atoms with van der Waals surface area (Å²) in [5, 5.41) is 0. The SMILES string of the molecule is Cl.Cn1cc(Br)c(O[C@H]2C[C@H](CN)C2)cc1=O. The first-order valence-corrected chi connectivity index (χ1v) is 6.12. The Hall–Kier alpha value is -0.520. The molecule has 1 aliphatic rings. The van der Waals surface area contributed by atoms with E-state index in [0.29, 0.717) is 11.7 Å². The van der Waals surface area contributed by atoms with Gasteiger partial charge in [-0.15, -0.1) is 12.4 Å². The molecule has 1 saturated carbocycles. The smallest absolute Gasteiger partial charge is 0.254 e. The molecule has 1 heterocycles. The molecule has 0 aliphatic heterocycles. The Labute approximate surface area is 115 Å². The highest BCUT2D eigenvalue weighted by molar-refractivity contribution is 9.10. The maximum absolute atomic E-state index is 11.4. The fourth-order valence-corrected chi connectivity index (χ4v) is 2.33. The number of rotatable bonds is 3. The van der Waals surface area contributed by atoms with Gasteiger partial charge >= 0.3 is 0 Å². The molecule has 1 aromatic heterocycles. The van der Waals surface area contributed by atoms with Crippen LogP contribution in [0.25, 0.3) is 0 Å². The summed E-state index contributed by atoms with van der Waals surface area (Å²) in [6.45, 7) is 0.720. The van der Waals surface area contributed by atoms with Gasteiger partial charge in [-0.2, -0.15) is 0 Å². The van der Waals surface area contributed by atoms with Gasteiger partial charge in [0.2, 0.25) is 0 Å². The van der Waals surface area contributed by atoms with Gasteiger partial charge in [0.25, 0.3) is 5.56 Å². The molecule has 0 saturated heterocycles. The second-order valence-electron chi connectivity index (χ2n) is 4.25. The summed E-state index contributed by atoms with van der Waals surface area (Å²) < 4.78 is 8.06. The molecule has 6 heteroatoms. The average Bonchev–Trinajstić information content (AvgIpc) is 2.18. The molecule has 0 atom stereocenters. The first-order chi connectivity index (χ1) is 7.60. The van der Waals surface area contributed by atoms with E-state index < -0.39 is 0 Å². The van der Waals surface area contributed by atoms with Gasteiger partial charge in [-0.25, -0.2) is 0 Å². The predicted molar refractivity (Wildman–Crippen MR) is 72.8 cm³/mol. The van der Waals surface area contributed by atoms with Gasteiger partial charge in [-0.1, -0.05) is 0 Å². The van der Waals surface area contributed by atoms with E-state index in [1.54, 1.807) is 13.2 Å². The zero-order chi connectivity index (χ0) is 11.7. The molecule has 0 aromatic carbocycles. The van der Waals surface area contributed by atoms with Crippen LogP contribution >= 0.6 is 28.3 Å². The maximum Gasteiger partial charge on any atom is 0.254 e. The van der Waals surface area contributed by atoms with E-state index in [0.717, 1.165) is 23.9 Å². The Morgan fingerprint density at radius 2 is 2.24 bits per heavy atom. The zero-order valence-corrected chi connectivity index (χ0v) is 12.0. The monoisotopic (exact) mass is 322 g/mol. The quantitative estimate of drug-likeness (QED) is 0.921. The molecule has 0 radical (unpaired) electrons. The number of halogens is 2. The third-order valence-electron chi connectivity index (χ3n) is 2.96. The van der Waals surface area contributed by atoms with E-state index in [4.69, 9.17) is 10.5 Å². The number of hydrogen-bond donors (Lipinski definition) is 1. The fourth-order valence-electron chi connectivity index (χ4n) is 1.81. The van der Waals surface area contributed by atoms with E-state index in [1.807, 2.05) is 0 Å². The molecular formula is C11H16BrClN2O2. The summed E-state index contributed by atoms with van der Waals surface area (Å²) in [7, 11) is 1.71. The van der Waals surface area contributed by atoms with Crippen LogP contribution in [0.3, 0.4) is 0 Å². The van der Waals surface area contributed by atoms with Crippen molar-refractivity contribution in [2.24, 2.45) is 18.7 Å². The first-order valence-electron chi connectivity index (χ1n) is 5.33. The number of aryl methyl sites for hydroxylation is 1. The number of ether oxygens (including phenoxy) is 1. The molecule has 2 N–H and O–H groups in total. The lowest BCUT2D eigenvalue weighted by molar-refractivity contribution is 0.0681. The highest BCUT2D eigenvalue weighted by atomic mass is 79.9. The van der Waals surface area contributed by atoms with Crippen molar-refractivity contribution in [1.82, 2.24) is 4.57 Å². The summed E-state index contributed by atoms with van der Waals surface area (Å²) >= 11 is 3.39. The van der Waals surface area contributed by atoms with Crippen LogP contribution in [0.5, 0.6) is 5.75 Å². The van der Waals surface area contributed by atoms with Crippen LogP contribution in [-0.2, 0) is 7.05 Å². The Balaban J connectivity index is 0.00000144. The largest absolute Gasteiger partial charge is 0.489 e. The molecule has 1 aliphatic carbocycles. The predicted octanol–water partition coefficient (Wildman–Crippen LogP) is 1.69. The summed E-state index contributed by atoms with van der Waals surface area (Å²) in [5.41, 5.74) is 5.48. The lowest BCUT2D eigenvalue weighted by Crippen LogP contribution is -2.38. The van der Waals surface area contributed by atoms with Gasteiger partial charge in [0, 0.05) is 19.3 Å². The molecule has 0 amide bonds. The lowest BCUT2D eigenvalue weighted by atomic mass is 9.82. The molecule has 1 aromatic rings. The minimum absolute atomic E-state index is 0. The minimum Gasteiger partial charge on any atom is -0.489 e. The Morgan fingerprint density at radius 1 is 1.59 bits per heavy atom. The van der Waals surface area contributed by atoms with Crippen LogP contribution in [0.2, 0.25) is 0 Å². The van der Waals surface area contributed by atoms with Crippen molar-refractivity contribution >= 4 is 28.3 Å². The third kappa shape index (κ3) is 3.24. The van der Waals surface area contributed by atoms with E-state index in [-0.39, 0.29) is 24.1 Å². The molecule has 0 unspecified atom stereocenters. The van der Waals surface area contributed by atoms with Gasteiger partial charge in [-0.3, -0.25) is 4.79 Å². The second kappa shape index (κ2) is 5.89. The van der Waals surface area contributed by atoms with Crippen LogP contribution < -0.4 is 16.0 Å². The topological polar surface area (TPSA) is 57.2 Å². The highest BCUT2D eigenvalue weighted by Crippen LogP contribution is 2.32. The van der Waals surface area contributed by atoms with Crippen molar-refractivity contribution in [1.29, 1.82) is 0 Å². The Bertz CT molecular complexity index is 444. The molecule has 2 rings (SSSR count). The number of nitrogens with two attached hydrogens (primary N) is 1. The van der Waals surface area contributed by atoms with Gasteiger partial charge in [0.1, 0.15) is 5.75 Å². The van der Waals surface area contributed by atoms with Crippen LogP contribution in [0.4, 0.5) is 0 Å². The van der Waals surface area contributed by atoms with E-state index in [1.165, 1.54) is 10.6 Å². The fraction of sp³-hybridized carbons (Fsp3) is 0.545. The van der Waals surface area contributed by atoms with Crippen molar-refractivity contribution in [3.8, 4) is 5.75 Å². The molecule has 17 heavy (non-hydrogen) atoms. The number of nitrogens with zero attached hydrogens (tertiary/aromatic N) is 1. The van der Waals surface area contributed by atoms with Gasteiger partial charge in [0.05, 0.1) is 10.6 Å².